The van der Waals surface area contributed by atoms with E-state index in [1.54, 1.807) is 23.0 Å². The third-order valence-electron chi connectivity index (χ3n) is 1.58. The SMILES string of the molecule is CC(C)CCC(C)(C)OOI. The molecule has 0 heterocycles. The largest absolute Gasteiger partial charge is 0.220 e. The number of rotatable bonds is 5. The van der Waals surface area contributed by atoms with Gasteiger partial charge in [0.15, 0.2) is 23.0 Å². The van der Waals surface area contributed by atoms with Crippen LogP contribution in [-0.2, 0) is 8.10 Å². The number of hydrogen-bond acceptors (Lipinski definition) is 2. The van der Waals surface area contributed by atoms with E-state index in [0.29, 0.717) is 0 Å². The Kier molecular flexibility index (Phi) is 5.64. The molecule has 0 aliphatic heterocycles. The predicted octanol–water partition coefficient (Wildman–Crippen LogP) is 3.50. The van der Waals surface area contributed by atoms with E-state index in [-0.39, 0.29) is 5.60 Å². The van der Waals surface area contributed by atoms with E-state index in [1.165, 1.54) is 6.42 Å². The van der Waals surface area contributed by atoms with E-state index in [1.807, 2.05) is 13.8 Å². The van der Waals surface area contributed by atoms with E-state index >= 15 is 0 Å². The molecule has 11 heavy (non-hydrogen) atoms. The number of halogens is 1. The van der Waals surface area contributed by atoms with Crippen molar-refractivity contribution in [1.82, 2.24) is 0 Å². The average molecular weight is 272 g/mol. The standard InChI is InChI=1S/C8H17IO2/c1-7(2)5-6-8(3,4)10-11-9/h7H,5-6H2,1-4H3. The van der Waals surface area contributed by atoms with Crippen LogP contribution in [0.2, 0.25) is 0 Å². The fourth-order valence-electron chi connectivity index (χ4n) is 0.763. The van der Waals surface area contributed by atoms with Crippen molar-refractivity contribution >= 4 is 23.0 Å². The summed E-state index contributed by atoms with van der Waals surface area (Å²) in [6, 6.07) is 0. The van der Waals surface area contributed by atoms with E-state index in [4.69, 9.17) is 4.89 Å². The van der Waals surface area contributed by atoms with Crippen LogP contribution in [0.4, 0.5) is 0 Å². The van der Waals surface area contributed by atoms with Crippen molar-refractivity contribution in [2.45, 2.75) is 46.1 Å². The molecule has 0 saturated heterocycles. The fourth-order valence-corrected chi connectivity index (χ4v) is 1.25. The van der Waals surface area contributed by atoms with Crippen molar-refractivity contribution in [1.29, 1.82) is 0 Å². The van der Waals surface area contributed by atoms with Gasteiger partial charge in [-0.15, -0.1) is 0 Å². The van der Waals surface area contributed by atoms with Gasteiger partial charge in [0.25, 0.3) is 0 Å². The summed E-state index contributed by atoms with van der Waals surface area (Å²) >= 11 is 1.75. The zero-order chi connectivity index (χ0) is 8.91. The summed E-state index contributed by atoms with van der Waals surface area (Å²) in [6.45, 7) is 8.49. The van der Waals surface area contributed by atoms with Gasteiger partial charge in [0.2, 0.25) is 0 Å². The molecule has 0 aromatic rings. The van der Waals surface area contributed by atoms with Gasteiger partial charge in [0, 0.05) is 0 Å². The highest BCUT2D eigenvalue weighted by atomic mass is 127. The minimum absolute atomic E-state index is 0.147. The molecule has 0 fully saturated rings. The predicted molar refractivity (Wildman–Crippen MR) is 54.3 cm³/mol. The second-order valence-corrected chi connectivity index (χ2v) is 4.20. The van der Waals surface area contributed by atoms with Crippen LogP contribution in [0, 0.1) is 5.92 Å². The number of hydrogen-bond donors (Lipinski definition) is 0. The van der Waals surface area contributed by atoms with Crippen molar-refractivity contribution < 1.29 is 8.10 Å². The lowest BCUT2D eigenvalue weighted by atomic mass is 9.97. The summed E-state index contributed by atoms with van der Waals surface area (Å²) < 4.78 is 4.61. The van der Waals surface area contributed by atoms with Gasteiger partial charge >= 0.3 is 0 Å². The minimum atomic E-state index is -0.147. The summed E-state index contributed by atoms with van der Waals surface area (Å²) in [5, 5.41) is 0. The summed E-state index contributed by atoms with van der Waals surface area (Å²) in [4.78, 5) is 5.07. The van der Waals surface area contributed by atoms with Crippen LogP contribution < -0.4 is 0 Å². The Bertz CT molecular complexity index is 102. The van der Waals surface area contributed by atoms with Crippen molar-refractivity contribution in [2.24, 2.45) is 5.92 Å². The quantitative estimate of drug-likeness (QED) is 0.433. The maximum Gasteiger partial charge on any atom is 0.155 e. The van der Waals surface area contributed by atoms with Gasteiger partial charge in [-0.2, -0.15) is 3.22 Å². The lowest BCUT2D eigenvalue weighted by Gasteiger charge is -2.22. The first-order valence-electron chi connectivity index (χ1n) is 3.94. The minimum Gasteiger partial charge on any atom is -0.220 e. The van der Waals surface area contributed by atoms with Crippen LogP contribution >= 0.6 is 23.0 Å². The molecule has 0 saturated carbocycles. The lowest BCUT2D eigenvalue weighted by molar-refractivity contribution is -0.252. The summed E-state index contributed by atoms with van der Waals surface area (Å²) in [5.41, 5.74) is -0.147. The first kappa shape index (κ1) is 11.6. The molecule has 0 spiro atoms. The molecule has 0 bridgehead atoms. The molecular formula is C8H17IO2. The van der Waals surface area contributed by atoms with Gasteiger partial charge < -0.3 is 0 Å². The Morgan fingerprint density at radius 1 is 1.36 bits per heavy atom. The van der Waals surface area contributed by atoms with Crippen molar-refractivity contribution in [3.63, 3.8) is 0 Å². The van der Waals surface area contributed by atoms with Crippen LogP contribution in [0.1, 0.15) is 40.5 Å². The molecule has 0 unspecified atom stereocenters. The third kappa shape index (κ3) is 7.03. The van der Waals surface area contributed by atoms with Crippen molar-refractivity contribution in [2.75, 3.05) is 0 Å². The van der Waals surface area contributed by atoms with E-state index in [2.05, 4.69) is 17.1 Å². The molecule has 3 heteroatoms. The van der Waals surface area contributed by atoms with Crippen LogP contribution in [0.3, 0.4) is 0 Å². The summed E-state index contributed by atoms with van der Waals surface area (Å²) in [5.74, 6) is 0.729. The van der Waals surface area contributed by atoms with Gasteiger partial charge in [0.1, 0.15) is 0 Å². The highest BCUT2D eigenvalue weighted by Gasteiger charge is 2.19. The highest BCUT2D eigenvalue weighted by Crippen LogP contribution is 2.20. The molecule has 0 aromatic carbocycles. The average Bonchev–Trinajstić information content (AvgIpc) is 1.84. The topological polar surface area (TPSA) is 18.5 Å². The van der Waals surface area contributed by atoms with E-state index in [9.17, 15) is 0 Å². The maximum absolute atomic E-state index is 5.07. The first-order chi connectivity index (χ1) is 4.98. The van der Waals surface area contributed by atoms with E-state index < -0.39 is 0 Å². The molecular weight excluding hydrogens is 255 g/mol. The highest BCUT2D eigenvalue weighted by molar-refractivity contribution is 14.1. The first-order valence-corrected chi connectivity index (χ1v) is 4.82. The van der Waals surface area contributed by atoms with Gasteiger partial charge in [-0.3, -0.25) is 0 Å². The normalized spacial score (nSPS) is 12.5. The second kappa shape index (κ2) is 5.32. The molecule has 0 rings (SSSR count). The van der Waals surface area contributed by atoms with Crippen molar-refractivity contribution in [3.05, 3.63) is 0 Å². The van der Waals surface area contributed by atoms with Crippen LogP contribution in [0.25, 0.3) is 0 Å². The molecule has 68 valence electrons. The molecule has 0 N–H and O–H groups in total. The lowest BCUT2D eigenvalue weighted by Crippen LogP contribution is -2.23. The summed E-state index contributed by atoms with van der Waals surface area (Å²) in [6.07, 6.45) is 2.21. The van der Waals surface area contributed by atoms with E-state index in [0.717, 1.165) is 12.3 Å². The fraction of sp³-hybridized carbons (Fsp3) is 1.00. The molecule has 0 radical (unpaired) electrons. The zero-order valence-corrected chi connectivity index (χ0v) is 9.84. The Morgan fingerprint density at radius 3 is 2.27 bits per heavy atom. The third-order valence-corrected chi connectivity index (χ3v) is 1.76. The molecule has 0 aliphatic carbocycles. The molecule has 2 nitrogen and oxygen atoms in total. The Hall–Kier alpha value is 0.650. The monoisotopic (exact) mass is 272 g/mol. The van der Waals surface area contributed by atoms with Gasteiger partial charge in [-0.05, 0) is 32.6 Å². The van der Waals surface area contributed by atoms with Gasteiger partial charge in [-0.1, -0.05) is 13.8 Å². The molecule has 0 aromatic heterocycles. The Morgan fingerprint density at radius 2 is 1.91 bits per heavy atom. The van der Waals surface area contributed by atoms with Crippen LogP contribution in [0.5, 0.6) is 0 Å². The van der Waals surface area contributed by atoms with Crippen LogP contribution in [0.15, 0.2) is 0 Å². The second-order valence-electron chi connectivity index (χ2n) is 3.84. The van der Waals surface area contributed by atoms with Gasteiger partial charge in [-0.25, -0.2) is 4.89 Å². The molecule has 0 aliphatic rings. The Balaban J connectivity index is 3.54. The summed E-state index contributed by atoms with van der Waals surface area (Å²) in [7, 11) is 0. The zero-order valence-electron chi connectivity index (χ0n) is 7.69. The molecule has 0 atom stereocenters. The van der Waals surface area contributed by atoms with Gasteiger partial charge in [0.05, 0.1) is 5.60 Å². The smallest absolute Gasteiger partial charge is 0.155 e. The van der Waals surface area contributed by atoms with Crippen LogP contribution in [-0.4, -0.2) is 5.60 Å². The maximum atomic E-state index is 5.07. The molecule has 0 amide bonds. The van der Waals surface area contributed by atoms with Crippen molar-refractivity contribution in [3.8, 4) is 0 Å². The Labute approximate surface area is 83.3 Å².